The van der Waals surface area contributed by atoms with Gasteiger partial charge in [0.1, 0.15) is 0 Å². The third-order valence-corrected chi connectivity index (χ3v) is 2.64. The van der Waals surface area contributed by atoms with Crippen LogP contribution in [0.2, 0.25) is 0 Å². The van der Waals surface area contributed by atoms with Crippen molar-refractivity contribution in [3.05, 3.63) is 42.0 Å². The van der Waals surface area contributed by atoms with Gasteiger partial charge in [-0.05, 0) is 37.1 Å². The zero-order valence-corrected chi connectivity index (χ0v) is 11.2. The first kappa shape index (κ1) is 12.8. The summed E-state index contributed by atoms with van der Waals surface area (Å²) in [5.74, 6) is 0.655. The van der Waals surface area contributed by atoms with E-state index in [1.165, 1.54) is 0 Å². The lowest BCUT2D eigenvalue weighted by Crippen LogP contribution is -2.19. The molecule has 1 N–H and O–H groups in total. The lowest BCUT2D eigenvalue weighted by Gasteiger charge is -2.08. The number of hydrogen-bond donors (Lipinski definition) is 1. The van der Waals surface area contributed by atoms with E-state index in [0.29, 0.717) is 5.92 Å². The highest BCUT2D eigenvalue weighted by Crippen LogP contribution is 2.08. The standard InChI is InChI=1S/C14H20N4/c1-11(2)7-15-9-13-6-14(4-5-16-13)18-10-12(3)8-17-18/h4-6,8,10-11,15H,7,9H2,1-3H3. The fourth-order valence-corrected chi connectivity index (χ4v) is 1.75. The van der Waals surface area contributed by atoms with E-state index in [4.69, 9.17) is 0 Å². The van der Waals surface area contributed by atoms with Crippen LogP contribution >= 0.6 is 0 Å². The van der Waals surface area contributed by atoms with Gasteiger partial charge in [0.25, 0.3) is 0 Å². The summed E-state index contributed by atoms with van der Waals surface area (Å²) in [6, 6.07) is 4.04. The summed E-state index contributed by atoms with van der Waals surface area (Å²) >= 11 is 0. The Kier molecular flexibility index (Phi) is 4.10. The summed E-state index contributed by atoms with van der Waals surface area (Å²) in [7, 11) is 0. The normalized spacial score (nSPS) is 11.1. The maximum atomic E-state index is 4.36. The van der Waals surface area contributed by atoms with Gasteiger partial charge in [0, 0.05) is 18.9 Å². The minimum absolute atomic E-state index is 0.655. The monoisotopic (exact) mass is 244 g/mol. The predicted octanol–water partition coefficient (Wildman–Crippen LogP) is 2.32. The molecular weight excluding hydrogens is 224 g/mol. The van der Waals surface area contributed by atoms with E-state index in [2.05, 4.69) is 35.3 Å². The van der Waals surface area contributed by atoms with E-state index in [0.717, 1.165) is 30.0 Å². The second-order valence-electron chi connectivity index (χ2n) is 4.99. The van der Waals surface area contributed by atoms with E-state index < -0.39 is 0 Å². The van der Waals surface area contributed by atoms with Gasteiger partial charge in [-0.3, -0.25) is 4.98 Å². The van der Waals surface area contributed by atoms with Gasteiger partial charge < -0.3 is 5.32 Å². The number of hydrogen-bond acceptors (Lipinski definition) is 3. The van der Waals surface area contributed by atoms with Crippen molar-refractivity contribution in [1.82, 2.24) is 20.1 Å². The van der Waals surface area contributed by atoms with Crippen molar-refractivity contribution in [2.75, 3.05) is 6.54 Å². The van der Waals surface area contributed by atoms with Gasteiger partial charge in [-0.1, -0.05) is 13.8 Å². The molecule has 0 aromatic carbocycles. The highest BCUT2D eigenvalue weighted by Gasteiger charge is 2.01. The summed E-state index contributed by atoms with van der Waals surface area (Å²) in [5.41, 5.74) is 3.26. The molecule has 0 saturated carbocycles. The van der Waals surface area contributed by atoms with E-state index in [9.17, 15) is 0 Å². The molecule has 2 heterocycles. The molecule has 0 unspecified atom stereocenters. The maximum Gasteiger partial charge on any atom is 0.0679 e. The van der Waals surface area contributed by atoms with Crippen molar-refractivity contribution in [1.29, 1.82) is 0 Å². The molecule has 0 atom stereocenters. The van der Waals surface area contributed by atoms with Crippen LogP contribution in [0.4, 0.5) is 0 Å². The van der Waals surface area contributed by atoms with Crippen LogP contribution in [0.1, 0.15) is 25.1 Å². The second kappa shape index (κ2) is 5.78. The summed E-state index contributed by atoms with van der Waals surface area (Å²) in [4.78, 5) is 4.36. The third-order valence-electron chi connectivity index (χ3n) is 2.64. The topological polar surface area (TPSA) is 42.7 Å². The van der Waals surface area contributed by atoms with Crippen molar-refractivity contribution in [3.8, 4) is 5.69 Å². The fraction of sp³-hybridized carbons (Fsp3) is 0.429. The molecule has 4 heteroatoms. The first-order valence-electron chi connectivity index (χ1n) is 6.32. The Morgan fingerprint density at radius 2 is 2.22 bits per heavy atom. The Balaban J connectivity index is 2.05. The van der Waals surface area contributed by atoms with Crippen LogP contribution in [0.3, 0.4) is 0 Å². The summed E-state index contributed by atoms with van der Waals surface area (Å²) in [6.45, 7) is 8.24. The molecule has 0 radical (unpaired) electrons. The highest BCUT2D eigenvalue weighted by molar-refractivity contribution is 5.31. The minimum Gasteiger partial charge on any atom is -0.311 e. The Morgan fingerprint density at radius 1 is 1.39 bits per heavy atom. The molecule has 18 heavy (non-hydrogen) atoms. The third kappa shape index (κ3) is 3.40. The Labute approximate surface area is 108 Å². The lowest BCUT2D eigenvalue weighted by atomic mass is 10.2. The number of nitrogens with one attached hydrogen (secondary N) is 1. The summed E-state index contributed by atoms with van der Waals surface area (Å²) < 4.78 is 1.88. The lowest BCUT2D eigenvalue weighted by molar-refractivity contribution is 0.548. The fourth-order valence-electron chi connectivity index (χ4n) is 1.75. The van der Waals surface area contributed by atoms with Gasteiger partial charge in [0.2, 0.25) is 0 Å². The zero-order chi connectivity index (χ0) is 13.0. The van der Waals surface area contributed by atoms with Crippen LogP contribution in [-0.4, -0.2) is 21.3 Å². The average Bonchev–Trinajstić information content (AvgIpc) is 2.76. The quantitative estimate of drug-likeness (QED) is 0.877. The minimum atomic E-state index is 0.655. The van der Waals surface area contributed by atoms with E-state index >= 15 is 0 Å². The molecule has 0 spiro atoms. The van der Waals surface area contributed by atoms with Crippen molar-refractivity contribution in [2.45, 2.75) is 27.3 Å². The molecule has 2 aromatic heterocycles. The van der Waals surface area contributed by atoms with Crippen LogP contribution in [0.5, 0.6) is 0 Å². The SMILES string of the molecule is Cc1cnn(-c2ccnc(CNCC(C)C)c2)c1. The van der Waals surface area contributed by atoms with Crippen LogP contribution in [0, 0.1) is 12.8 Å². The zero-order valence-electron chi connectivity index (χ0n) is 11.2. The largest absolute Gasteiger partial charge is 0.311 e. The molecule has 0 aliphatic heterocycles. The Bertz CT molecular complexity index is 502. The van der Waals surface area contributed by atoms with Crippen LogP contribution in [0.15, 0.2) is 30.7 Å². The van der Waals surface area contributed by atoms with Gasteiger partial charge in [-0.15, -0.1) is 0 Å². The number of rotatable bonds is 5. The average molecular weight is 244 g/mol. The van der Waals surface area contributed by atoms with Crippen molar-refractivity contribution in [2.24, 2.45) is 5.92 Å². The molecule has 0 amide bonds. The second-order valence-corrected chi connectivity index (χ2v) is 4.99. The van der Waals surface area contributed by atoms with Gasteiger partial charge in [-0.25, -0.2) is 4.68 Å². The number of aryl methyl sites for hydroxylation is 1. The summed E-state index contributed by atoms with van der Waals surface area (Å²) in [5, 5.41) is 7.70. The van der Waals surface area contributed by atoms with Crippen LogP contribution in [0.25, 0.3) is 5.69 Å². The maximum absolute atomic E-state index is 4.36. The van der Waals surface area contributed by atoms with Gasteiger partial charge in [0.15, 0.2) is 0 Å². The molecule has 0 saturated heterocycles. The molecule has 0 bridgehead atoms. The van der Waals surface area contributed by atoms with Crippen molar-refractivity contribution < 1.29 is 0 Å². The number of nitrogens with zero attached hydrogens (tertiary/aromatic N) is 3. The van der Waals surface area contributed by atoms with E-state index in [-0.39, 0.29) is 0 Å². The summed E-state index contributed by atoms with van der Waals surface area (Å²) in [6.07, 6.45) is 5.70. The number of aromatic nitrogens is 3. The van der Waals surface area contributed by atoms with E-state index in [1.807, 2.05) is 36.3 Å². The smallest absolute Gasteiger partial charge is 0.0679 e. The molecule has 96 valence electrons. The molecule has 0 aliphatic rings. The number of pyridine rings is 1. The first-order valence-corrected chi connectivity index (χ1v) is 6.32. The highest BCUT2D eigenvalue weighted by atomic mass is 15.3. The van der Waals surface area contributed by atoms with Crippen molar-refractivity contribution >= 4 is 0 Å². The van der Waals surface area contributed by atoms with Crippen LogP contribution < -0.4 is 5.32 Å². The molecule has 2 aromatic rings. The van der Waals surface area contributed by atoms with E-state index in [1.54, 1.807) is 0 Å². The van der Waals surface area contributed by atoms with Crippen molar-refractivity contribution in [3.63, 3.8) is 0 Å². The molecular formula is C14H20N4. The van der Waals surface area contributed by atoms with Gasteiger partial charge in [-0.2, -0.15) is 5.10 Å². The van der Waals surface area contributed by atoms with Gasteiger partial charge >= 0.3 is 0 Å². The predicted molar refractivity (Wildman–Crippen MR) is 72.6 cm³/mol. The Morgan fingerprint density at radius 3 is 2.89 bits per heavy atom. The van der Waals surface area contributed by atoms with Gasteiger partial charge in [0.05, 0.1) is 17.6 Å². The molecule has 0 fully saturated rings. The molecule has 0 aliphatic carbocycles. The first-order chi connectivity index (χ1) is 8.65. The van der Waals surface area contributed by atoms with Crippen LogP contribution in [-0.2, 0) is 6.54 Å². The molecule has 4 nitrogen and oxygen atoms in total. The Hall–Kier alpha value is -1.68. The molecule has 2 rings (SSSR count).